The number of anilines is 2. The highest BCUT2D eigenvalue weighted by atomic mass is 16.1. The largest absolute Gasteiger partial charge is 0.371 e. The summed E-state index contributed by atoms with van der Waals surface area (Å²) in [4.78, 5) is 19.0. The van der Waals surface area contributed by atoms with Gasteiger partial charge in [-0.25, -0.2) is 0 Å². The number of pyridine rings is 1. The average molecular weight is 311 g/mol. The van der Waals surface area contributed by atoms with Crippen molar-refractivity contribution in [3.05, 3.63) is 53.9 Å². The number of nitrogens with one attached hydrogen (secondary N) is 1. The Morgan fingerprint density at radius 3 is 2.48 bits per heavy atom. The van der Waals surface area contributed by atoms with Gasteiger partial charge in [0, 0.05) is 30.7 Å². The highest BCUT2D eigenvalue weighted by Crippen LogP contribution is 2.18. The van der Waals surface area contributed by atoms with E-state index in [4.69, 9.17) is 0 Å². The average Bonchev–Trinajstić information content (AvgIpc) is 2.57. The van der Waals surface area contributed by atoms with Crippen LogP contribution in [0.2, 0.25) is 0 Å². The number of rotatable bonds is 7. The van der Waals surface area contributed by atoms with Gasteiger partial charge in [0.05, 0.1) is 0 Å². The van der Waals surface area contributed by atoms with E-state index in [1.165, 1.54) is 0 Å². The normalized spacial score (nSPS) is 10.4. The highest BCUT2D eigenvalue weighted by molar-refractivity contribution is 6.03. The Morgan fingerprint density at radius 1 is 1.13 bits per heavy atom. The minimum absolute atomic E-state index is 0.172. The van der Waals surface area contributed by atoms with Gasteiger partial charge in [0.25, 0.3) is 5.91 Å². The number of hydrogen-bond acceptors (Lipinski definition) is 3. The van der Waals surface area contributed by atoms with Gasteiger partial charge in [-0.15, -0.1) is 0 Å². The molecule has 0 aliphatic heterocycles. The zero-order valence-corrected chi connectivity index (χ0v) is 14.2. The standard InChI is InChI=1S/C19H25N3O/c1-4-12-22(13-5-2)16-10-11-20-18(14-16)19(23)21-17-9-7-6-8-15(17)3/h6-11,14H,4-5,12-13H2,1-3H3,(H,21,23). The molecule has 1 N–H and O–H groups in total. The summed E-state index contributed by atoms with van der Waals surface area (Å²) in [6, 6.07) is 11.6. The molecule has 122 valence electrons. The van der Waals surface area contributed by atoms with Crippen LogP contribution in [-0.4, -0.2) is 24.0 Å². The van der Waals surface area contributed by atoms with Crippen molar-refractivity contribution in [2.24, 2.45) is 0 Å². The van der Waals surface area contributed by atoms with Gasteiger partial charge in [-0.1, -0.05) is 32.0 Å². The number of benzene rings is 1. The van der Waals surface area contributed by atoms with Crippen LogP contribution >= 0.6 is 0 Å². The first-order valence-corrected chi connectivity index (χ1v) is 8.23. The first-order chi connectivity index (χ1) is 11.2. The van der Waals surface area contributed by atoms with E-state index in [0.29, 0.717) is 5.69 Å². The number of carbonyl (C=O) groups is 1. The van der Waals surface area contributed by atoms with Crippen molar-refractivity contribution in [1.29, 1.82) is 0 Å². The fourth-order valence-corrected chi connectivity index (χ4v) is 2.55. The predicted molar refractivity (Wildman–Crippen MR) is 96.2 cm³/mol. The number of para-hydroxylation sites is 1. The van der Waals surface area contributed by atoms with E-state index in [1.807, 2.05) is 43.3 Å². The molecule has 1 amide bonds. The van der Waals surface area contributed by atoms with Crippen LogP contribution in [-0.2, 0) is 0 Å². The number of aryl methyl sites for hydroxylation is 1. The Labute approximate surface area is 138 Å². The molecule has 2 aromatic rings. The number of hydrogen-bond donors (Lipinski definition) is 1. The molecule has 0 aliphatic carbocycles. The van der Waals surface area contributed by atoms with Gasteiger partial charge in [-0.3, -0.25) is 9.78 Å². The first-order valence-electron chi connectivity index (χ1n) is 8.23. The lowest BCUT2D eigenvalue weighted by Crippen LogP contribution is -2.25. The van der Waals surface area contributed by atoms with Gasteiger partial charge in [0.1, 0.15) is 5.69 Å². The Morgan fingerprint density at radius 2 is 1.83 bits per heavy atom. The molecular formula is C19H25N3O. The van der Waals surface area contributed by atoms with E-state index in [2.05, 4.69) is 29.0 Å². The molecule has 1 heterocycles. The molecule has 4 nitrogen and oxygen atoms in total. The van der Waals surface area contributed by atoms with E-state index in [0.717, 1.165) is 42.9 Å². The number of aromatic nitrogens is 1. The lowest BCUT2D eigenvalue weighted by atomic mass is 10.2. The number of nitrogens with zero attached hydrogens (tertiary/aromatic N) is 2. The Kier molecular flexibility index (Phi) is 6.15. The molecule has 2 rings (SSSR count). The molecule has 4 heteroatoms. The van der Waals surface area contributed by atoms with Crippen LogP contribution in [0.1, 0.15) is 42.7 Å². The number of amides is 1. The summed E-state index contributed by atoms with van der Waals surface area (Å²) in [5.74, 6) is -0.172. The summed E-state index contributed by atoms with van der Waals surface area (Å²) in [6.45, 7) is 8.27. The summed E-state index contributed by atoms with van der Waals surface area (Å²) >= 11 is 0. The van der Waals surface area contributed by atoms with Crippen LogP contribution in [0.5, 0.6) is 0 Å². The third-order valence-electron chi connectivity index (χ3n) is 3.72. The molecule has 0 aliphatic rings. The highest BCUT2D eigenvalue weighted by Gasteiger charge is 2.12. The molecule has 0 saturated heterocycles. The molecular weight excluding hydrogens is 286 g/mol. The Hall–Kier alpha value is -2.36. The Bertz CT molecular complexity index is 649. The van der Waals surface area contributed by atoms with Crippen molar-refractivity contribution in [3.63, 3.8) is 0 Å². The van der Waals surface area contributed by atoms with Crippen molar-refractivity contribution >= 4 is 17.3 Å². The summed E-state index contributed by atoms with van der Waals surface area (Å²) in [7, 11) is 0. The molecule has 23 heavy (non-hydrogen) atoms. The van der Waals surface area contributed by atoms with E-state index in [9.17, 15) is 4.79 Å². The molecule has 0 unspecified atom stereocenters. The summed E-state index contributed by atoms with van der Waals surface area (Å²) in [6.07, 6.45) is 3.86. The Balaban J connectivity index is 2.18. The van der Waals surface area contributed by atoms with Crippen molar-refractivity contribution in [1.82, 2.24) is 4.98 Å². The van der Waals surface area contributed by atoms with Crippen LogP contribution in [0, 0.1) is 6.92 Å². The van der Waals surface area contributed by atoms with Gasteiger partial charge >= 0.3 is 0 Å². The lowest BCUT2D eigenvalue weighted by Gasteiger charge is -2.24. The second-order valence-electron chi connectivity index (χ2n) is 5.66. The van der Waals surface area contributed by atoms with E-state index in [1.54, 1.807) is 6.20 Å². The molecule has 0 saturated carbocycles. The molecule has 1 aromatic heterocycles. The molecule has 0 atom stereocenters. The van der Waals surface area contributed by atoms with Crippen molar-refractivity contribution < 1.29 is 4.79 Å². The van der Waals surface area contributed by atoms with Gasteiger partial charge in [-0.05, 0) is 43.5 Å². The molecule has 1 aromatic carbocycles. The minimum Gasteiger partial charge on any atom is -0.371 e. The summed E-state index contributed by atoms with van der Waals surface area (Å²) in [5, 5.41) is 2.94. The predicted octanol–water partition coefficient (Wildman–Crippen LogP) is 4.27. The van der Waals surface area contributed by atoms with Crippen molar-refractivity contribution in [2.75, 3.05) is 23.3 Å². The second-order valence-corrected chi connectivity index (χ2v) is 5.66. The molecule has 0 fully saturated rings. The summed E-state index contributed by atoms with van der Waals surface area (Å²) in [5.41, 5.74) is 3.36. The van der Waals surface area contributed by atoms with Crippen LogP contribution in [0.4, 0.5) is 11.4 Å². The summed E-state index contributed by atoms with van der Waals surface area (Å²) < 4.78 is 0. The van der Waals surface area contributed by atoms with Crippen molar-refractivity contribution in [3.8, 4) is 0 Å². The van der Waals surface area contributed by atoms with E-state index in [-0.39, 0.29) is 5.91 Å². The smallest absolute Gasteiger partial charge is 0.274 e. The van der Waals surface area contributed by atoms with Crippen molar-refractivity contribution in [2.45, 2.75) is 33.6 Å². The van der Waals surface area contributed by atoms with Gasteiger partial charge in [0.15, 0.2) is 0 Å². The first kappa shape index (κ1) is 17.0. The molecule has 0 bridgehead atoms. The van der Waals surface area contributed by atoms with E-state index >= 15 is 0 Å². The zero-order chi connectivity index (χ0) is 16.7. The fourth-order valence-electron chi connectivity index (χ4n) is 2.55. The third-order valence-corrected chi connectivity index (χ3v) is 3.72. The van der Waals surface area contributed by atoms with Crippen LogP contribution < -0.4 is 10.2 Å². The van der Waals surface area contributed by atoms with Gasteiger partial charge in [-0.2, -0.15) is 0 Å². The van der Waals surface area contributed by atoms with Gasteiger partial charge in [0.2, 0.25) is 0 Å². The fraction of sp³-hybridized carbons (Fsp3) is 0.368. The monoisotopic (exact) mass is 311 g/mol. The maximum absolute atomic E-state index is 12.5. The van der Waals surface area contributed by atoms with Gasteiger partial charge < -0.3 is 10.2 Å². The van der Waals surface area contributed by atoms with E-state index < -0.39 is 0 Å². The molecule has 0 radical (unpaired) electrons. The quantitative estimate of drug-likeness (QED) is 0.830. The molecule has 0 spiro atoms. The van der Waals surface area contributed by atoms with Crippen LogP contribution in [0.25, 0.3) is 0 Å². The lowest BCUT2D eigenvalue weighted by molar-refractivity contribution is 0.102. The third kappa shape index (κ3) is 4.55. The topological polar surface area (TPSA) is 45.2 Å². The second kappa shape index (κ2) is 8.32. The maximum Gasteiger partial charge on any atom is 0.274 e. The zero-order valence-electron chi connectivity index (χ0n) is 14.2. The number of carbonyl (C=O) groups excluding carboxylic acids is 1. The van der Waals surface area contributed by atoms with Crippen LogP contribution in [0.15, 0.2) is 42.6 Å². The van der Waals surface area contributed by atoms with Crippen LogP contribution in [0.3, 0.4) is 0 Å². The minimum atomic E-state index is -0.172. The maximum atomic E-state index is 12.5. The SMILES string of the molecule is CCCN(CCC)c1ccnc(C(=O)Nc2ccccc2C)c1.